The number of guanidine groups is 1. The van der Waals surface area contributed by atoms with Crippen molar-refractivity contribution < 1.29 is 19.5 Å². The van der Waals surface area contributed by atoms with Crippen molar-refractivity contribution in [3.8, 4) is 0 Å². The third-order valence-corrected chi connectivity index (χ3v) is 4.93. The Hall–Kier alpha value is -2.36. The largest absolute Gasteiger partial charge is 0.480 e. The molecule has 2 fully saturated rings. The van der Waals surface area contributed by atoms with E-state index >= 15 is 0 Å². The van der Waals surface area contributed by atoms with Gasteiger partial charge in [-0.15, -0.1) is 0 Å². The number of aliphatic carboxylic acids is 1. The number of rotatable bonds is 7. The number of nitrogens with two attached hydrogens (primary N) is 3. The van der Waals surface area contributed by atoms with Crippen LogP contribution in [-0.4, -0.2) is 76.4 Å². The van der Waals surface area contributed by atoms with Crippen LogP contribution in [0.1, 0.15) is 38.5 Å². The van der Waals surface area contributed by atoms with E-state index in [0.717, 1.165) is 0 Å². The van der Waals surface area contributed by atoms with Crippen LogP contribution in [0.25, 0.3) is 0 Å². The van der Waals surface area contributed by atoms with Crippen molar-refractivity contribution in [2.45, 2.75) is 56.7 Å². The van der Waals surface area contributed by atoms with Crippen molar-refractivity contribution in [3.63, 3.8) is 0 Å². The summed E-state index contributed by atoms with van der Waals surface area (Å²) in [6, 6.07) is -2.15. The molecule has 0 saturated carbocycles. The topological polar surface area (TPSA) is 168 Å². The molecule has 0 bridgehead atoms. The van der Waals surface area contributed by atoms with Crippen LogP contribution in [-0.2, 0) is 14.4 Å². The van der Waals surface area contributed by atoms with Crippen LogP contribution in [0.2, 0.25) is 0 Å². The number of carbonyl (C=O) groups is 3. The molecule has 0 aromatic rings. The maximum Gasteiger partial charge on any atom is 0.326 e. The van der Waals surface area contributed by atoms with Crippen molar-refractivity contribution in [3.05, 3.63) is 0 Å². The number of aliphatic imine (C=N–C) groups is 1. The minimum Gasteiger partial charge on any atom is -0.480 e. The zero-order valence-corrected chi connectivity index (χ0v) is 14.8. The molecule has 0 aromatic heterocycles. The van der Waals surface area contributed by atoms with Crippen LogP contribution < -0.4 is 17.2 Å². The molecule has 0 spiro atoms. The third kappa shape index (κ3) is 4.63. The van der Waals surface area contributed by atoms with Crippen LogP contribution in [0.15, 0.2) is 4.99 Å². The molecule has 0 radical (unpaired) electrons. The van der Waals surface area contributed by atoms with Gasteiger partial charge in [0.2, 0.25) is 11.8 Å². The van der Waals surface area contributed by atoms with Gasteiger partial charge in [-0.2, -0.15) is 0 Å². The lowest BCUT2D eigenvalue weighted by Crippen LogP contribution is -2.54. The molecule has 10 nitrogen and oxygen atoms in total. The zero-order valence-electron chi connectivity index (χ0n) is 14.8. The number of carboxylic acid groups (broad SMARTS) is 1. The van der Waals surface area contributed by atoms with E-state index in [9.17, 15) is 19.5 Å². The van der Waals surface area contributed by atoms with E-state index in [1.54, 1.807) is 0 Å². The molecular formula is C16H28N6O4. The number of hydrogen-bond acceptors (Lipinski definition) is 5. The summed E-state index contributed by atoms with van der Waals surface area (Å²) < 4.78 is 0. The van der Waals surface area contributed by atoms with E-state index in [-0.39, 0.29) is 17.8 Å². The lowest BCUT2D eigenvalue weighted by Gasteiger charge is -2.31. The molecule has 2 heterocycles. The van der Waals surface area contributed by atoms with Gasteiger partial charge in [0.05, 0.1) is 6.04 Å². The van der Waals surface area contributed by atoms with Gasteiger partial charge in [0.15, 0.2) is 5.96 Å². The predicted octanol–water partition coefficient (Wildman–Crippen LogP) is -1.57. The highest BCUT2D eigenvalue weighted by molar-refractivity contribution is 5.92. The predicted molar refractivity (Wildman–Crippen MR) is 95.0 cm³/mol. The van der Waals surface area contributed by atoms with E-state index in [2.05, 4.69) is 4.99 Å². The van der Waals surface area contributed by atoms with Gasteiger partial charge in [0.1, 0.15) is 12.1 Å². The van der Waals surface area contributed by atoms with E-state index in [1.165, 1.54) is 9.80 Å². The molecule has 2 rings (SSSR count). The minimum atomic E-state index is -0.997. The highest BCUT2D eigenvalue weighted by Crippen LogP contribution is 2.25. The van der Waals surface area contributed by atoms with Gasteiger partial charge in [0.25, 0.3) is 0 Å². The summed E-state index contributed by atoms with van der Waals surface area (Å²) >= 11 is 0. The second-order valence-corrected chi connectivity index (χ2v) is 6.77. The summed E-state index contributed by atoms with van der Waals surface area (Å²) in [6.07, 6.45) is 3.32. The lowest BCUT2D eigenvalue weighted by molar-refractivity contribution is -0.152. The first-order chi connectivity index (χ1) is 12.3. The maximum atomic E-state index is 12.8. The van der Waals surface area contributed by atoms with Gasteiger partial charge < -0.3 is 32.1 Å². The first kappa shape index (κ1) is 20.0. The van der Waals surface area contributed by atoms with Gasteiger partial charge in [-0.25, -0.2) is 4.79 Å². The Morgan fingerprint density at radius 3 is 2.31 bits per heavy atom. The maximum absolute atomic E-state index is 12.8. The fourth-order valence-corrected chi connectivity index (χ4v) is 3.62. The summed E-state index contributed by atoms with van der Waals surface area (Å²) in [6.45, 7) is 1.26. The standard InChI is InChI=1S/C16H28N6O4/c17-10(4-1-7-20-16(18)19)13(23)21-8-2-5-11(21)14(24)22-9-3-6-12(22)15(25)26/h10-12H,1-9,17H2,(H,25,26)(H4,18,19,20)/t10-,11-,12-/m0/s1. The van der Waals surface area contributed by atoms with E-state index in [4.69, 9.17) is 17.2 Å². The smallest absolute Gasteiger partial charge is 0.326 e. The Bertz CT molecular complexity index is 577. The normalized spacial score (nSPS) is 23.7. The first-order valence-corrected chi connectivity index (χ1v) is 8.97. The monoisotopic (exact) mass is 368 g/mol. The van der Waals surface area contributed by atoms with Gasteiger partial charge in [-0.3, -0.25) is 14.6 Å². The number of amides is 2. The molecule has 2 saturated heterocycles. The molecule has 2 amide bonds. The number of carboxylic acids is 1. The molecule has 26 heavy (non-hydrogen) atoms. The van der Waals surface area contributed by atoms with Gasteiger partial charge >= 0.3 is 5.97 Å². The van der Waals surface area contributed by atoms with Crippen molar-refractivity contribution in [2.24, 2.45) is 22.2 Å². The molecule has 10 heteroatoms. The van der Waals surface area contributed by atoms with E-state index in [0.29, 0.717) is 58.2 Å². The first-order valence-electron chi connectivity index (χ1n) is 8.97. The Morgan fingerprint density at radius 1 is 1.08 bits per heavy atom. The van der Waals surface area contributed by atoms with Crippen LogP contribution >= 0.6 is 0 Å². The van der Waals surface area contributed by atoms with Crippen molar-refractivity contribution >= 4 is 23.7 Å². The fraction of sp³-hybridized carbons (Fsp3) is 0.750. The van der Waals surface area contributed by atoms with Crippen LogP contribution in [0.3, 0.4) is 0 Å². The molecule has 0 aliphatic carbocycles. The average Bonchev–Trinajstić information content (AvgIpc) is 3.25. The molecule has 7 N–H and O–H groups in total. The number of likely N-dealkylation sites (tertiary alicyclic amines) is 2. The second kappa shape index (κ2) is 8.84. The molecule has 3 atom stereocenters. The van der Waals surface area contributed by atoms with Crippen LogP contribution in [0, 0.1) is 0 Å². The van der Waals surface area contributed by atoms with Gasteiger partial charge in [-0.05, 0) is 38.5 Å². The molecule has 146 valence electrons. The van der Waals surface area contributed by atoms with Gasteiger partial charge in [-0.1, -0.05) is 0 Å². The van der Waals surface area contributed by atoms with Crippen LogP contribution in [0.5, 0.6) is 0 Å². The third-order valence-electron chi connectivity index (χ3n) is 4.93. The number of hydrogen-bond donors (Lipinski definition) is 4. The SMILES string of the molecule is NC(N)=NCCC[C@H](N)C(=O)N1CCC[C@H]1C(=O)N1CCC[C@H]1C(=O)O. The summed E-state index contributed by atoms with van der Waals surface area (Å²) in [5.74, 6) is -1.57. The highest BCUT2D eigenvalue weighted by atomic mass is 16.4. The fourth-order valence-electron chi connectivity index (χ4n) is 3.62. The molecular weight excluding hydrogens is 340 g/mol. The van der Waals surface area contributed by atoms with Crippen molar-refractivity contribution in [1.82, 2.24) is 9.80 Å². The van der Waals surface area contributed by atoms with Crippen molar-refractivity contribution in [2.75, 3.05) is 19.6 Å². The Morgan fingerprint density at radius 2 is 1.69 bits per heavy atom. The summed E-state index contributed by atoms with van der Waals surface area (Å²) in [5, 5.41) is 9.28. The van der Waals surface area contributed by atoms with E-state index < -0.39 is 24.1 Å². The molecule has 0 unspecified atom stereocenters. The average molecular weight is 368 g/mol. The van der Waals surface area contributed by atoms with Gasteiger partial charge in [0, 0.05) is 19.6 Å². The van der Waals surface area contributed by atoms with Crippen molar-refractivity contribution in [1.29, 1.82) is 0 Å². The summed E-state index contributed by atoms with van der Waals surface area (Å²) in [7, 11) is 0. The summed E-state index contributed by atoms with van der Waals surface area (Å²) in [4.78, 5) is 43.5. The number of nitrogens with zero attached hydrogens (tertiary/aromatic N) is 3. The minimum absolute atomic E-state index is 0.00583. The Balaban J connectivity index is 1.95. The molecule has 0 aromatic carbocycles. The quantitative estimate of drug-likeness (QED) is 0.239. The Kier molecular flexibility index (Phi) is 6.78. The number of carbonyl (C=O) groups excluding carboxylic acids is 2. The Labute approximate surface area is 152 Å². The lowest BCUT2D eigenvalue weighted by atomic mass is 10.1. The highest BCUT2D eigenvalue weighted by Gasteiger charge is 2.42. The van der Waals surface area contributed by atoms with Crippen LogP contribution in [0.4, 0.5) is 0 Å². The summed E-state index contributed by atoms with van der Waals surface area (Å²) in [5.41, 5.74) is 16.5. The second-order valence-electron chi connectivity index (χ2n) is 6.77. The van der Waals surface area contributed by atoms with E-state index in [1.807, 2.05) is 0 Å². The molecule has 2 aliphatic rings. The zero-order chi connectivity index (χ0) is 19.3. The molecule has 2 aliphatic heterocycles.